The van der Waals surface area contributed by atoms with E-state index in [1.807, 2.05) is 6.92 Å². The van der Waals surface area contributed by atoms with Gasteiger partial charge in [-0.05, 0) is 19.3 Å². The van der Waals surface area contributed by atoms with E-state index in [4.69, 9.17) is 4.74 Å². The van der Waals surface area contributed by atoms with Gasteiger partial charge in [0.25, 0.3) is 0 Å². The van der Waals surface area contributed by atoms with E-state index in [0.717, 1.165) is 19.6 Å². The van der Waals surface area contributed by atoms with Crippen LogP contribution in [0.4, 0.5) is 0 Å². The van der Waals surface area contributed by atoms with Gasteiger partial charge in [0.1, 0.15) is 0 Å². The molecule has 2 atom stereocenters. The average molecular weight is 209 g/mol. The fraction of sp³-hybridized carbons (Fsp3) is 1.00. The van der Waals surface area contributed by atoms with Crippen molar-refractivity contribution >= 4 is 15.9 Å². The highest BCUT2D eigenvalue weighted by Gasteiger charge is 2.06. The van der Waals surface area contributed by atoms with Gasteiger partial charge in [-0.1, -0.05) is 29.8 Å². The number of rotatable bonds is 5. The maximum Gasteiger partial charge on any atom is 0.0468 e. The van der Waals surface area contributed by atoms with Crippen molar-refractivity contribution in [2.45, 2.75) is 32.0 Å². The molecule has 2 unspecified atom stereocenters. The molecule has 10 heavy (non-hydrogen) atoms. The summed E-state index contributed by atoms with van der Waals surface area (Å²) in [4.78, 5) is 0.605. The fourth-order valence-corrected chi connectivity index (χ4v) is 0.908. The van der Waals surface area contributed by atoms with Crippen LogP contribution in [0.5, 0.6) is 0 Å². The van der Waals surface area contributed by atoms with E-state index in [0.29, 0.717) is 10.7 Å². The second-order valence-electron chi connectivity index (χ2n) is 2.64. The summed E-state index contributed by atoms with van der Waals surface area (Å²) in [7, 11) is 0. The van der Waals surface area contributed by atoms with Crippen molar-refractivity contribution in [3.05, 3.63) is 0 Å². The number of halogens is 1. The Morgan fingerprint density at radius 1 is 1.40 bits per heavy atom. The Kier molecular flexibility index (Phi) is 6.44. The van der Waals surface area contributed by atoms with Gasteiger partial charge in [-0.15, -0.1) is 0 Å². The molecule has 0 aromatic heterocycles. The minimum absolute atomic E-state index is 0.605. The van der Waals surface area contributed by atoms with E-state index >= 15 is 0 Å². The SMILES string of the molecule is CCOCCC(C)C(C)Br. The van der Waals surface area contributed by atoms with E-state index in [1.165, 1.54) is 0 Å². The molecule has 0 amide bonds. The molecule has 2 heteroatoms. The molecule has 0 radical (unpaired) electrons. The van der Waals surface area contributed by atoms with Crippen molar-refractivity contribution in [2.75, 3.05) is 13.2 Å². The highest BCUT2D eigenvalue weighted by molar-refractivity contribution is 9.09. The van der Waals surface area contributed by atoms with Crippen LogP contribution < -0.4 is 0 Å². The Morgan fingerprint density at radius 3 is 2.40 bits per heavy atom. The van der Waals surface area contributed by atoms with Crippen LogP contribution in [0.3, 0.4) is 0 Å². The molecule has 0 rings (SSSR count). The fourth-order valence-electron chi connectivity index (χ4n) is 0.643. The van der Waals surface area contributed by atoms with Crippen LogP contribution in [-0.2, 0) is 4.74 Å². The molecule has 0 spiro atoms. The molecule has 0 saturated heterocycles. The third-order valence-electron chi connectivity index (χ3n) is 1.71. The smallest absolute Gasteiger partial charge is 0.0468 e. The Labute approximate surface area is 72.3 Å². The summed E-state index contributed by atoms with van der Waals surface area (Å²) in [6.07, 6.45) is 1.15. The summed E-state index contributed by atoms with van der Waals surface area (Å²) in [6.45, 7) is 8.17. The molecule has 0 bridgehead atoms. The zero-order valence-corrected chi connectivity index (χ0v) is 8.65. The number of alkyl halides is 1. The van der Waals surface area contributed by atoms with Gasteiger partial charge in [-0.3, -0.25) is 0 Å². The molecular formula is C8H17BrO. The summed E-state index contributed by atoms with van der Waals surface area (Å²) >= 11 is 3.54. The van der Waals surface area contributed by atoms with Gasteiger partial charge >= 0.3 is 0 Å². The molecule has 0 aliphatic carbocycles. The third-order valence-corrected chi connectivity index (χ3v) is 2.61. The molecule has 0 N–H and O–H groups in total. The first-order chi connectivity index (χ1) is 4.68. The second kappa shape index (κ2) is 6.17. The normalized spacial score (nSPS) is 16.8. The number of ether oxygens (including phenoxy) is 1. The van der Waals surface area contributed by atoms with E-state index in [9.17, 15) is 0 Å². The Hall–Kier alpha value is 0.440. The Morgan fingerprint density at radius 2 is 2.00 bits per heavy atom. The lowest BCUT2D eigenvalue weighted by atomic mass is 10.1. The van der Waals surface area contributed by atoms with Gasteiger partial charge in [-0.25, -0.2) is 0 Å². The van der Waals surface area contributed by atoms with Crippen LogP contribution in [-0.4, -0.2) is 18.0 Å². The molecule has 0 aromatic carbocycles. The molecule has 0 saturated carbocycles. The van der Waals surface area contributed by atoms with Crippen LogP contribution in [0, 0.1) is 5.92 Å². The molecular weight excluding hydrogens is 192 g/mol. The lowest BCUT2D eigenvalue weighted by Gasteiger charge is -2.12. The predicted molar refractivity (Wildman–Crippen MR) is 48.7 cm³/mol. The summed E-state index contributed by atoms with van der Waals surface area (Å²) in [6, 6.07) is 0. The van der Waals surface area contributed by atoms with Crippen molar-refractivity contribution in [1.82, 2.24) is 0 Å². The van der Waals surface area contributed by atoms with Crippen LogP contribution in [0.2, 0.25) is 0 Å². The first-order valence-corrected chi connectivity index (χ1v) is 4.81. The van der Waals surface area contributed by atoms with Crippen molar-refractivity contribution in [3.8, 4) is 0 Å². The number of hydrogen-bond donors (Lipinski definition) is 0. The second-order valence-corrected chi connectivity index (χ2v) is 4.08. The van der Waals surface area contributed by atoms with E-state index in [-0.39, 0.29) is 0 Å². The van der Waals surface area contributed by atoms with Gasteiger partial charge in [0.05, 0.1) is 0 Å². The van der Waals surface area contributed by atoms with Gasteiger partial charge in [0.15, 0.2) is 0 Å². The minimum atomic E-state index is 0.605. The van der Waals surface area contributed by atoms with Crippen LogP contribution in [0.15, 0.2) is 0 Å². The molecule has 0 heterocycles. The first kappa shape index (κ1) is 10.4. The summed E-state index contributed by atoms with van der Waals surface area (Å²) in [5.41, 5.74) is 0. The van der Waals surface area contributed by atoms with Crippen molar-refractivity contribution < 1.29 is 4.74 Å². The molecule has 1 nitrogen and oxygen atoms in total. The molecule has 0 aromatic rings. The first-order valence-electron chi connectivity index (χ1n) is 3.90. The largest absolute Gasteiger partial charge is 0.382 e. The van der Waals surface area contributed by atoms with E-state index < -0.39 is 0 Å². The highest BCUT2D eigenvalue weighted by Crippen LogP contribution is 2.14. The molecule has 0 aliphatic heterocycles. The Bertz CT molecular complexity index is 73.7. The van der Waals surface area contributed by atoms with E-state index in [1.54, 1.807) is 0 Å². The predicted octanol–water partition coefficient (Wildman–Crippen LogP) is 2.83. The lowest BCUT2D eigenvalue weighted by Crippen LogP contribution is -2.09. The monoisotopic (exact) mass is 208 g/mol. The molecule has 0 fully saturated rings. The molecule has 62 valence electrons. The zero-order chi connectivity index (χ0) is 7.98. The average Bonchev–Trinajstić information content (AvgIpc) is 1.88. The summed E-state index contributed by atoms with van der Waals surface area (Å²) in [5, 5.41) is 0. The van der Waals surface area contributed by atoms with Crippen LogP contribution in [0.1, 0.15) is 27.2 Å². The maximum atomic E-state index is 5.23. The minimum Gasteiger partial charge on any atom is -0.382 e. The summed E-state index contributed by atoms with van der Waals surface area (Å²) < 4.78 is 5.23. The van der Waals surface area contributed by atoms with Gasteiger partial charge in [0, 0.05) is 18.0 Å². The van der Waals surface area contributed by atoms with Gasteiger partial charge in [-0.2, -0.15) is 0 Å². The van der Waals surface area contributed by atoms with Crippen molar-refractivity contribution in [2.24, 2.45) is 5.92 Å². The van der Waals surface area contributed by atoms with Crippen LogP contribution in [0.25, 0.3) is 0 Å². The summed E-state index contributed by atoms with van der Waals surface area (Å²) in [5.74, 6) is 0.714. The van der Waals surface area contributed by atoms with Crippen LogP contribution >= 0.6 is 15.9 Å². The quantitative estimate of drug-likeness (QED) is 0.499. The lowest BCUT2D eigenvalue weighted by molar-refractivity contribution is 0.134. The van der Waals surface area contributed by atoms with Crippen molar-refractivity contribution in [3.63, 3.8) is 0 Å². The van der Waals surface area contributed by atoms with Gasteiger partial charge in [0.2, 0.25) is 0 Å². The van der Waals surface area contributed by atoms with Gasteiger partial charge < -0.3 is 4.74 Å². The third kappa shape index (κ3) is 5.24. The zero-order valence-electron chi connectivity index (χ0n) is 7.06. The molecule has 0 aliphatic rings. The Balaban J connectivity index is 3.13. The maximum absolute atomic E-state index is 5.23. The van der Waals surface area contributed by atoms with Crippen molar-refractivity contribution in [1.29, 1.82) is 0 Å². The topological polar surface area (TPSA) is 9.23 Å². The number of hydrogen-bond acceptors (Lipinski definition) is 1. The standard InChI is InChI=1S/C8H17BrO/c1-4-10-6-5-7(2)8(3)9/h7-8H,4-6H2,1-3H3. The highest BCUT2D eigenvalue weighted by atomic mass is 79.9. The van der Waals surface area contributed by atoms with E-state index in [2.05, 4.69) is 29.8 Å².